The molecule has 0 aliphatic carbocycles. The number of rotatable bonds is 5. The first-order valence-corrected chi connectivity index (χ1v) is 12.2. The number of fused-ring (bicyclic) bond motifs is 1. The van der Waals surface area contributed by atoms with Crippen molar-refractivity contribution in [3.63, 3.8) is 0 Å². The first-order chi connectivity index (χ1) is 15.3. The zero-order chi connectivity index (χ0) is 22.9. The number of nitrogens with zero attached hydrogens (tertiary/aromatic N) is 1. The van der Waals surface area contributed by atoms with E-state index in [0.29, 0.717) is 18.5 Å². The molecule has 4 rings (SSSR count). The van der Waals surface area contributed by atoms with Gasteiger partial charge in [-0.05, 0) is 61.1 Å². The molecule has 0 fully saturated rings. The Morgan fingerprint density at radius 2 is 1.59 bits per heavy atom. The van der Waals surface area contributed by atoms with E-state index < -0.39 is 16.1 Å². The summed E-state index contributed by atoms with van der Waals surface area (Å²) in [4.78, 5) is 13.5. The number of aryl methyl sites for hydroxylation is 3. The largest absolute Gasteiger partial charge is 0.351 e. The highest BCUT2D eigenvalue weighted by molar-refractivity contribution is 7.89. The SMILES string of the molecule is Cc1ccc(CNC(=O)[C@H]2Cc3ccccc3CN2S(=O)(=O)c2cc(C)ccc2C)cc1. The quantitative estimate of drug-likeness (QED) is 0.641. The van der Waals surface area contributed by atoms with Crippen LogP contribution in [-0.4, -0.2) is 24.7 Å². The van der Waals surface area contributed by atoms with E-state index in [-0.39, 0.29) is 17.3 Å². The van der Waals surface area contributed by atoms with Crippen molar-refractivity contribution >= 4 is 15.9 Å². The van der Waals surface area contributed by atoms with Gasteiger partial charge in [-0.15, -0.1) is 0 Å². The van der Waals surface area contributed by atoms with Crippen LogP contribution in [0, 0.1) is 20.8 Å². The summed E-state index contributed by atoms with van der Waals surface area (Å²) in [5, 5.41) is 2.95. The topological polar surface area (TPSA) is 66.5 Å². The van der Waals surface area contributed by atoms with Crippen molar-refractivity contribution in [3.05, 3.63) is 100 Å². The maximum absolute atomic E-state index is 13.7. The highest BCUT2D eigenvalue weighted by atomic mass is 32.2. The summed E-state index contributed by atoms with van der Waals surface area (Å²) in [5.74, 6) is -0.283. The van der Waals surface area contributed by atoms with Crippen LogP contribution in [0.5, 0.6) is 0 Å². The van der Waals surface area contributed by atoms with E-state index in [1.165, 1.54) is 4.31 Å². The lowest BCUT2D eigenvalue weighted by Gasteiger charge is -2.35. The second kappa shape index (κ2) is 8.88. The predicted molar refractivity (Wildman–Crippen MR) is 126 cm³/mol. The second-order valence-electron chi connectivity index (χ2n) is 8.51. The first kappa shape index (κ1) is 22.2. The van der Waals surface area contributed by atoms with Gasteiger partial charge in [0.05, 0.1) is 4.90 Å². The van der Waals surface area contributed by atoms with Gasteiger partial charge in [0.2, 0.25) is 15.9 Å². The normalized spacial score (nSPS) is 16.4. The molecular weight excluding hydrogens is 420 g/mol. The summed E-state index contributed by atoms with van der Waals surface area (Å²) in [7, 11) is -3.87. The molecule has 1 heterocycles. The molecular formula is C26H28N2O3S. The molecule has 0 unspecified atom stereocenters. The third-order valence-electron chi connectivity index (χ3n) is 6.03. The summed E-state index contributed by atoms with van der Waals surface area (Å²) in [6.45, 7) is 6.20. The van der Waals surface area contributed by atoms with E-state index in [4.69, 9.17) is 0 Å². The van der Waals surface area contributed by atoms with Gasteiger partial charge in [-0.2, -0.15) is 4.31 Å². The molecule has 3 aromatic rings. The van der Waals surface area contributed by atoms with E-state index >= 15 is 0 Å². The third kappa shape index (κ3) is 4.47. The lowest BCUT2D eigenvalue weighted by Crippen LogP contribution is -2.52. The van der Waals surface area contributed by atoms with Crippen LogP contribution in [0.25, 0.3) is 0 Å². The molecule has 1 N–H and O–H groups in total. The smallest absolute Gasteiger partial charge is 0.244 e. The molecule has 0 aromatic heterocycles. The number of hydrogen-bond acceptors (Lipinski definition) is 3. The Hall–Kier alpha value is -2.96. The lowest BCUT2D eigenvalue weighted by atomic mass is 9.95. The predicted octanol–water partition coefficient (Wildman–Crippen LogP) is 4.04. The van der Waals surface area contributed by atoms with Crippen molar-refractivity contribution in [3.8, 4) is 0 Å². The average Bonchev–Trinajstić information content (AvgIpc) is 2.79. The Bertz CT molecular complexity index is 1250. The van der Waals surface area contributed by atoms with E-state index in [0.717, 1.165) is 27.8 Å². The fraction of sp³-hybridized carbons (Fsp3) is 0.269. The Morgan fingerprint density at radius 3 is 2.31 bits per heavy atom. The molecule has 1 aliphatic heterocycles. The Morgan fingerprint density at radius 1 is 0.938 bits per heavy atom. The first-order valence-electron chi connectivity index (χ1n) is 10.7. The summed E-state index contributed by atoms with van der Waals surface area (Å²) in [5.41, 5.74) is 5.61. The fourth-order valence-electron chi connectivity index (χ4n) is 4.10. The molecule has 0 radical (unpaired) electrons. The van der Waals surface area contributed by atoms with E-state index in [2.05, 4.69) is 5.32 Å². The fourth-order valence-corrected chi connectivity index (χ4v) is 5.98. The monoisotopic (exact) mass is 448 g/mol. The van der Waals surface area contributed by atoms with Gasteiger partial charge in [0, 0.05) is 13.1 Å². The zero-order valence-electron chi connectivity index (χ0n) is 18.6. The summed E-state index contributed by atoms with van der Waals surface area (Å²) in [6.07, 6.45) is 0.347. The molecule has 1 amide bonds. The molecule has 32 heavy (non-hydrogen) atoms. The van der Waals surface area contributed by atoms with Crippen LogP contribution in [0.1, 0.15) is 33.4 Å². The minimum Gasteiger partial charge on any atom is -0.351 e. The minimum absolute atomic E-state index is 0.175. The van der Waals surface area contributed by atoms with Gasteiger partial charge in [-0.3, -0.25) is 4.79 Å². The third-order valence-corrected chi connectivity index (χ3v) is 8.02. The molecule has 6 heteroatoms. The van der Waals surface area contributed by atoms with E-state index in [1.54, 1.807) is 13.0 Å². The lowest BCUT2D eigenvalue weighted by molar-refractivity contribution is -0.125. The molecule has 5 nitrogen and oxygen atoms in total. The van der Waals surface area contributed by atoms with Gasteiger partial charge >= 0.3 is 0 Å². The molecule has 1 aliphatic rings. The van der Waals surface area contributed by atoms with Gasteiger partial charge in [0.15, 0.2) is 0 Å². The summed E-state index contributed by atoms with van der Waals surface area (Å²) in [6, 6.07) is 20.2. The number of benzene rings is 3. The number of amides is 1. The Balaban J connectivity index is 1.67. The van der Waals surface area contributed by atoms with E-state index in [1.807, 2.05) is 74.5 Å². The summed E-state index contributed by atoms with van der Waals surface area (Å²) >= 11 is 0. The van der Waals surface area contributed by atoms with Crippen molar-refractivity contribution in [1.82, 2.24) is 9.62 Å². The number of sulfonamides is 1. The molecule has 1 atom stereocenters. The number of carbonyl (C=O) groups excluding carboxylic acids is 1. The van der Waals surface area contributed by atoms with Crippen LogP contribution < -0.4 is 5.32 Å². The van der Waals surface area contributed by atoms with Crippen LogP contribution in [0.4, 0.5) is 0 Å². The van der Waals surface area contributed by atoms with Gasteiger partial charge in [0.25, 0.3) is 0 Å². The highest BCUT2D eigenvalue weighted by Crippen LogP contribution is 2.31. The molecule has 3 aromatic carbocycles. The standard InChI is InChI=1S/C26H28N2O3S/c1-18-9-12-21(13-10-18)16-27-26(29)24-15-22-6-4-5-7-23(22)17-28(24)32(30,31)25-14-19(2)8-11-20(25)3/h4-14,24H,15-17H2,1-3H3,(H,27,29)/t24-/m1/s1. The maximum atomic E-state index is 13.7. The minimum atomic E-state index is -3.87. The molecule has 0 bridgehead atoms. The van der Waals surface area contributed by atoms with Crippen molar-refractivity contribution in [1.29, 1.82) is 0 Å². The van der Waals surface area contributed by atoms with Crippen LogP contribution in [0.2, 0.25) is 0 Å². The zero-order valence-corrected chi connectivity index (χ0v) is 19.4. The van der Waals surface area contributed by atoms with Crippen LogP contribution >= 0.6 is 0 Å². The van der Waals surface area contributed by atoms with Crippen LogP contribution in [0.15, 0.2) is 71.6 Å². The van der Waals surface area contributed by atoms with Crippen molar-refractivity contribution < 1.29 is 13.2 Å². The van der Waals surface area contributed by atoms with Crippen molar-refractivity contribution in [2.75, 3.05) is 0 Å². The van der Waals surface area contributed by atoms with Gasteiger partial charge in [-0.1, -0.05) is 66.2 Å². The Labute approximate surface area is 190 Å². The Kier molecular flexibility index (Phi) is 6.17. The van der Waals surface area contributed by atoms with Crippen molar-refractivity contribution in [2.45, 2.75) is 51.2 Å². The van der Waals surface area contributed by atoms with E-state index in [9.17, 15) is 13.2 Å². The number of nitrogens with one attached hydrogen (secondary N) is 1. The maximum Gasteiger partial charge on any atom is 0.244 e. The highest BCUT2D eigenvalue weighted by Gasteiger charge is 2.40. The molecule has 166 valence electrons. The van der Waals surface area contributed by atoms with Crippen LogP contribution in [-0.2, 0) is 34.3 Å². The van der Waals surface area contributed by atoms with Gasteiger partial charge in [0.1, 0.15) is 6.04 Å². The molecule has 0 saturated heterocycles. The van der Waals surface area contributed by atoms with Crippen molar-refractivity contribution in [2.24, 2.45) is 0 Å². The van der Waals surface area contributed by atoms with Crippen LogP contribution in [0.3, 0.4) is 0 Å². The number of carbonyl (C=O) groups is 1. The second-order valence-corrected chi connectivity index (χ2v) is 10.4. The van der Waals surface area contributed by atoms with Gasteiger partial charge < -0.3 is 5.32 Å². The molecule has 0 spiro atoms. The summed E-state index contributed by atoms with van der Waals surface area (Å²) < 4.78 is 28.8. The van der Waals surface area contributed by atoms with Gasteiger partial charge in [-0.25, -0.2) is 8.42 Å². The average molecular weight is 449 g/mol. The molecule has 0 saturated carbocycles. The number of hydrogen-bond donors (Lipinski definition) is 1.